The first-order valence-electron chi connectivity index (χ1n) is 11.8. The summed E-state index contributed by atoms with van der Waals surface area (Å²) in [5.74, 6) is 0.258. The van der Waals surface area contributed by atoms with Gasteiger partial charge in [-0.25, -0.2) is 4.39 Å². The fourth-order valence-corrected chi connectivity index (χ4v) is 4.69. The number of halogens is 2. The summed E-state index contributed by atoms with van der Waals surface area (Å²) in [5.41, 5.74) is 2.37. The van der Waals surface area contributed by atoms with E-state index < -0.39 is 11.9 Å². The number of carbonyl (C=O) groups excluding carboxylic acids is 1. The number of fused-ring (bicyclic) bond motifs is 1. The number of benzene rings is 2. The van der Waals surface area contributed by atoms with Crippen LogP contribution in [0.25, 0.3) is 10.9 Å². The van der Waals surface area contributed by atoms with E-state index >= 15 is 0 Å². The van der Waals surface area contributed by atoms with Crippen LogP contribution in [0.2, 0.25) is 5.02 Å². The van der Waals surface area contributed by atoms with Crippen LogP contribution in [0, 0.1) is 11.7 Å². The van der Waals surface area contributed by atoms with Crippen LogP contribution in [-0.4, -0.2) is 60.1 Å². The Morgan fingerprint density at radius 3 is 2.86 bits per heavy atom. The first-order chi connectivity index (χ1) is 16.9. The highest BCUT2D eigenvalue weighted by atomic mass is 35.5. The Labute approximate surface area is 210 Å². The lowest BCUT2D eigenvalue weighted by atomic mass is 10.1. The minimum Gasteiger partial charge on any atom is -0.495 e. The molecular weight excluding hydrogens is 469 g/mol. The van der Waals surface area contributed by atoms with Crippen molar-refractivity contribution in [1.82, 2.24) is 14.8 Å². The zero-order chi connectivity index (χ0) is 24.9. The van der Waals surface area contributed by atoms with E-state index in [1.807, 2.05) is 40.1 Å². The van der Waals surface area contributed by atoms with Crippen LogP contribution in [-0.2, 0) is 22.6 Å². The van der Waals surface area contributed by atoms with Gasteiger partial charge in [0.05, 0.1) is 24.3 Å². The highest BCUT2D eigenvalue weighted by Gasteiger charge is 2.31. The van der Waals surface area contributed by atoms with Gasteiger partial charge in [0.2, 0.25) is 0 Å². The van der Waals surface area contributed by atoms with E-state index in [4.69, 9.17) is 21.1 Å². The molecule has 0 saturated carbocycles. The molecule has 1 amide bonds. The van der Waals surface area contributed by atoms with Gasteiger partial charge in [-0.2, -0.15) is 0 Å². The number of carbonyl (C=O) groups is 1. The monoisotopic (exact) mass is 499 g/mol. The standard InChI is InChI=1S/C27H31ClFN3O3/c1-18(2)14-32(16-20-7-4-6-19-8-5-9-30-26(19)20)27(33)25-17-31(10-11-35-25)15-21-12-24(34-3)22(28)13-23(21)29/h4-9,12-13,18,25H,10-11,14-17H2,1-3H3/t25-/m1/s1. The number of nitrogens with zero attached hydrogens (tertiary/aromatic N) is 3. The second-order valence-corrected chi connectivity index (χ2v) is 9.68. The van der Waals surface area contributed by atoms with Gasteiger partial charge in [0, 0.05) is 49.9 Å². The summed E-state index contributed by atoms with van der Waals surface area (Å²) in [6, 6.07) is 12.8. The Kier molecular flexibility index (Phi) is 8.21. The predicted molar refractivity (Wildman–Crippen MR) is 135 cm³/mol. The molecule has 8 heteroatoms. The maximum atomic E-state index is 14.5. The van der Waals surface area contributed by atoms with Crippen molar-refractivity contribution in [3.63, 3.8) is 0 Å². The highest BCUT2D eigenvalue weighted by molar-refractivity contribution is 6.32. The van der Waals surface area contributed by atoms with Gasteiger partial charge in [0.1, 0.15) is 17.7 Å². The number of pyridine rings is 1. The van der Waals surface area contributed by atoms with Gasteiger partial charge in [0.25, 0.3) is 5.91 Å². The second kappa shape index (κ2) is 11.3. The molecule has 0 unspecified atom stereocenters. The minimum absolute atomic E-state index is 0.0644. The maximum Gasteiger partial charge on any atom is 0.253 e. The van der Waals surface area contributed by atoms with E-state index in [1.54, 1.807) is 12.3 Å². The lowest BCUT2D eigenvalue weighted by molar-refractivity contribution is -0.151. The molecule has 6 nitrogen and oxygen atoms in total. The van der Waals surface area contributed by atoms with Crippen molar-refractivity contribution in [2.45, 2.75) is 33.0 Å². The van der Waals surface area contributed by atoms with Crippen LogP contribution in [0.1, 0.15) is 25.0 Å². The van der Waals surface area contributed by atoms with Crippen LogP contribution in [0.3, 0.4) is 0 Å². The van der Waals surface area contributed by atoms with Crippen LogP contribution in [0.15, 0.2) is 48.7 Å². The number of para-hydroxylation sites is 1. The predicted octanol–water partition coefficient (Wildman–Crippen LogP) is 4.92. The molecule has 35 heavy (non-hydrogen) atoms. The molecule has 1 aliphatic heterocycles. The average Bonchev–Trinajstić information content (AvgIpc) is 2.85. The van der Waals surface area contributed by atoms with Crippen LogP contribution in [0.5, 0.6) is 5.75 Å². The molecule has 1 aliphatic rings. The molecule has 1 fully saturated rings. The van der Waals surface area contributed by atoms with Crippen molar-refractivity contribution in [3.8, 4) is 5.75 Å². The number of ether oxygens (including phenoxy) is 2. The molecular formula is C27H31ClFN3O3. The van der Waals surface area contributed by atoms with Gasteiger partial charge in [-0.15, -0.1) is 0 Å². The average molecular weight is 500 g/mol. The fourth-order valence-electron chi connectivity index (χ4n) is 4.46. The molecule has 0 radical (unpaired) electrons. The van der Waals surface area contributed by atoms with Crippen molar-refractivity contribution < 1.29 is 18.7 Å². The Bertz CT molecular complexity index is 1180. The topological polar surface area (TPSA) is 54.9 Å². The number of rotatable bonds is 8. The Hall–Kier alpha value is -2.74. The van der Waals surface area contributed by atoms with Crippen LogP contribution >= 0.6 is 11.6 Å². The molecule has 0 aliphatic carbocycles. The van der Waals surface area contributed by atoms with Gasteiger partial charge in [-0.1, -0.05) is 49.7 Å². The van der Waals surface area contributed by atoms with Crippen molar-refractivity contribution in [1.29, 1.82) is 0 Å². The summed E-state index contributed by atoms with van der Waals surface area (Å²) in [6.45, 7) is 6.95. The summed E-state index contributed by atoms with van der Waals surface area (Å²) in [4.78, 5) is 22.1. The molecule has 0 bridgehead atoms. The smallest absolute Gasteiger partial charge is 0.253 e. The quantitative estimate of drug-likeness (QED) is 0.440. The summed E-state index contributed by atoms with van der Waals surface area (Å²) in [7, 11) is 1.50. The van der Waals surface area contributed by atoms with Crippen LogP contribution < -0.4 is 4.74 Å². The lowest BCUT2D eigenvalue weighted by Crippen LogP contribution is -2.51. The second-order valence-electron chi connectivity index (χ2n) is 9.28. The van der Waals surface area contributed by atoms with Gasteiger partial charge < -0.3 is 14.4 Å². The van der Waals surface area contributed by atoms with Crippen molar-refractivity contribution in [2.75, 3.05) is 33.4 Å². The zero-order valence-electron chi connectivity index (χ0n) is 20.3. The Morgan fingerprint density at radius 2 is 2.09 bits per heavy atom. The SMILES string of the molecule is COc1cc(CN2CCO[C@@H](C(=O)N(Cc3cccc4cccnc34)CC(C)C)C2)c(F)cc1Cl. The van der Waals surface area contributed by atoms with Crippen LogP contribution in [0.4, 0.5) is 4.39 Å². The van der Waals surface area contributed by atoms with E-state index in [1.165, 1.54) is 13.2 Å². The van der Waals surface area contributed by atoms with E-state index in [0.717, 1.165) is 16.5 Å². The molecule has 4 rings (SSSR count). The van der Waals surface area contributed by atoms with Crippen molar-refractivity contribution in [3.05, 3.63) is 70.6 Å². The van der Waals surface area contributed by atoms with E-state index in [-0.39, 0.29) is 16.8 Å². The number of hydrogen-bond acceptors (Lipinski definition) is 5. The van der Waals surface area contributed by atoms with Gasteiger partial charge in [-0.3, -0.25) is 14.7 Å². The fraction of sp³-hybridized carbons (Fsp3) is 0.407. The number of aromatic nitrogens is 1. The van der Waals surface area contributed by atoms with E-state index in [2.05, 4.69) is 18.8 Å². The van der Waals surface area contributed by atoms with Crippen molar-refractivity contribution >= 4 is 28.4 Å². The molecule has 2 aromatic carbocycles. The summed E-state index contributed by atoms with van der Waals surface area (Å²) in [5, 5.41) is 1.28. The Morgan fingerprint density at radius 1 is 1.29 bits per heavy atom. The van der Waals surface area contributed by atoms with Gasteiger partial charge in [-0.05, 0) is 29.7 Å². The summed E-state index contributed by atoms with van der Waals surface area (Å²) >= 11 is 6.04. The molecule has 1 atom stereocenters. The minimum atomic E-state index is -0.623. The number of amides is 1. The lowest BCUT2D eigenvalue weighted by Gasteiger charge is -2.35. The summed E-state index contributed by atoms with van der Waals surface area (Å²) < 4.78 is 25.7. The third kappa shape index (κ3) is 6.10. The number of methoxy groups -OCH3 is 1. The Balaban J connectivity index is 1.50. The van der Waals surface area contributed by atoms with Gasteiger partial charge >= 0.3 is 0 Å². The van der Waals surface area contributed by atoms with E-state index in [0.29, 0.717) is 50.6 Å². The molecule has 186 valence electrons. The largest absolute Gasteiger partial charge is 0.495 e. The molecule has 2 heterocycles. The maximum absolute atomic E-state index is 14.5. The molecule has 1 saturated heterocycles. The highest BCUT2D eigenvalue weighted by Crippen LogP contribution is 2.28. The number of hydrogen-bond donors (Lipinski definition) is 0. The number of morpholine rings is 1. The van der Waals surface area contributed by atoms with Gasteiger partial charge in [0.15, 0.2) is 0 Å². The molecule has 0 N–H and O–H groups in total. The molecule has 1 aromatic heterocycles. The van der Waals surface area contributed by atoms with E-state index in [9.17, 15) is 9.18 Å². The normalized spacial score (nSPS) is 16.6. The first kappa shape index (κ1) is 25.4. The summed E-state index contributed by atoms with van der Waals surface area (Å²) in [6.07, 6.45) is 1.15. The van der Waals surface area contributed by atoms with Crippen molar-refractivity contribution in [2.24, 2.45) is 5.92 Å². The third-order valence-corrected chi connectivity index (χ3v) is 6.41. The molecule has 0 spiro atoms. The molecule has 3 aromatic rings. The third-order valence-electron chi connectivity index (χ3n) is 6.12. The first-order valence-corrected chi connectivity index (χ1v) is 12.2. The zero-order valence-corrected chi connectivity index (χ0v) is 21.1.